The van der Waals surface area contributed by atoms with E-state index >= 15 is 0 Å². The van der Waals surface area contributed by atoms with Gasteiger partial charge >= 0.3 is 0 Å². The zero-order valence-electron chi connectivity index (χ0n) is 18.9. The molecule has 2 aliphatic rings. The maximum absolute atomic E-state index is 13.4. The minimum absolute atomic E-state index is 0.0394. The van der Waals surface area contributed by atoms with E-state index in [1.54, 1.807) is 18.2 Å². The van der Waals surface area contributed by atoms with Gasteiger partial charge in [-0.3, -0.25) is 9.59 Å². The van der Waals surface area contributed by atoms with Crippen molar-refractivity contribution in [2.24, 2.45) is 0 Å². The molecule has 2 aliphatic heterocycles. The summed E-state index contributed by atoms with van der Waals surface area (Å²) in [6, 6.07) is 10.8. The van der Waals surface area contributed by atoms with Gasteiger partial charge in [0.05, 0.1) is 19.8 Å². The number of amides is 2. The quantitative estimate of drug-likeness (QED) is 0.734. The van der Waals surface area contributed by atoms with Crippen LogP contribution >= 0.6 is 0 Å². The normalized spacial score (nSPS) is 16.1. The van der Waals surface area contributed by atoms with Crippen molar-refractivity contribution in [3.05, 3.63) is 47.5 Å². The first-order valence-corrected chi connectivity index (χ1v) is 11.3. The molecule has 1 N–H and O–H groups in total. The van der Waals surface area contributed by atoms with Crippen LogP contribution in [0.3, 0.4) is 0 Å². The smallest absolute Gasteiger partial charge is 0.263 e. The number of carbonyl (C=O) groups is 2. The highest BCUT2D eigenvalue weighted by atomic mass is 16.5. The molecule has 2 saturated heterocycles. The van der Waals surface area contributed by atoms with Crippen molar-refractivity contribution in [3.63, 3.8) is 0 Å². The Kier molecular flexibility index (Phi) is 6.83. The van der Waals surface area contributed by atoms with Crippen LogP contribution in [0, 0.1) is 0 Å². The Morgan fingerprint density at radius 3 is 2.09 bits per heavy atom. The Morgan fingerprint density at radius 2 is 1.47 bits per heavy atom. The van der Waals surface area contributed by atoms with Gasteiger partial charge in [-0.25, -0.2) is 0 Å². The Bertz CT molecular complexity index is 957. The molecule has 4 rings (SSSR count). The van der Waals surface area contributed by atoms with Gasteiger partial charge in [0.2, 0.25) is 0 Å². The Labute approximate surface area is 189 Å². The molecule has 0 aromatic heterocycles. The number of nitrogens with one attached hydrogen (secondary N) is 1. The summed E-state index contributed by atoms with van der Waals surface area (Å²) >= 11 is 0. The summed E-state index contributed by atoms with van der Waals surface area (Å²) in [6.45, 7) is 3.47. The molecular formula is C25H31N3O4. The third-order valence-electron chi connectivity index (χ3n) is 6.23. The average molecular weight is 438 g/mol. The van der Waals surface area contributed by atoms with E-state index < -0.39 is 0 Å². The van der Waals surface area contributed by atoms with E-state index in [-0.39, 0.29) is 11.8 Å². The van der Waals surface area contributed by atoms with Crippen molar-refractivity contribution in [2.45, 2.75) is 32.1 Å². The number of ether oxygens (including phenoxy) is 2. The van der Waals surface area contributed by atoms with E-state index in [4.69, 9.17) is 9.47 Å². The van der Waals surface area contributed by atoms with Crippen LogP contribution < -0.4 is 19.7 Å². The summed E-state index contributed by atoms with van der Waals surface area (Å²) < 4.78 is 10.7. The van der Waals surface area contributed by atoms with Crippen LogP contribution in [-0.4, -0.2) is 57.1 Å². The van der Waals surface area contributed by atoms with Crippen molar-refractivity contribution in [3.8, 4) is 11.5 Å². The zero-order valence-corrected chi connectivity index (χ0v) is 18.9. The fourth-order valence-corrected chi connectivity index (χ4v) is 4.55. The predicted molar refractivity (Wildman–Crippen MR) is 125 cm³/mol. The minimum Gasteiger partial charge on any atom is -0.496 e. The van der Waals surface area contributed by atoms with E-state index in [0.29, 0.717) is 28.3 Å². The number of benzene rings is 2. The number of methoxy groups -OCH3 is 2. The topological polar surface area (TPSA) is 71.1 Å². The fraction of sp³-hybridized carbons (Fsp3) is 0.440. The lowest BCUT2D eigenvalue weighted by atomic mass is 10.1. The molecule has 2 fully saturated rings. The Hall–Kier alpha value is -3.22. The molecule has 170 valence electrons. The van der Waals surface area contributed by atoms with Gasteiger partial charge in [-0.15, -0.1) is 0 Å². The summed E-state index contributed by atoms with van der Waals surface area (Å²) in [5.74, 6) is 0.558. The van der Waals surface area contributed by atoms with Crippen LogP contribution in [0.4, 0.5) is 11.4 Å². The van der Waals surface area contributed by atoms with E-state index in [1.807, 2.05) is 23.1 Å². The summed E-state index contributed by atoms with van der Waals surface area (Å²) in [4.78, 5) is 30.8. The molecule has 32 heavy (non-hydrogen) atoms. The average Bonchev–Trinajstić information content (AvgIpc) is 3.38. The van der Waals surface area contributed by atoms with E-state index in [1.165, 1.54) is 20.6 Å². The van der Waals surface area contributed by atoms with Gasteiger partial charge in [-0.2, -0.15) is 0 Å². The molecular weight excluding hydrogens is 406 g/mol. The van der Waals surface area contributed by atoms with Crippen molar-refractivity contribution in [1.29, 1.82) is 0 Å². The molecule has 0 atom stereocenters. The van der Waals surface area contributed by atoms with E-state index in [2.05, 4.69) is 10.2 Å². The van der Waals surface area contributed by atoms with E-state index in [9.17, 15) is 9.59 Å². The number of anilines is 2. The van der Waals surface area contributed by atoms with Crippen LogP contribution in [0.1, 0.15) is 52.8 Å². The largest absolute Gasteiger partial charge is 0.496 e. The van der Waals surface area contributed by atoms with E-state index in [0.717, 1.165) is 57.5 Å². The molecule has 0 spiro atoms. The molecule has 2 heterocycles. The van der Waals surface area contributed by atoms with Crippen molar-refractivity contribution >= 4 is 23.2 Å². The second-order valence-electron chi connectivity index (χ2n) is 8.27. The molecule has 7 nitrogen and oxygen atoms in total. The highest BCUT2D eigenvalue weighted by Crippen LogP contribution is 2.32. The van der Waals surface area contributed by atoms with Crippen molar-refractivity contribution in [1.82, 2.24) is 4.90 Å². The molecule has 2 amide bonds. The summed E-state index contributed by atoms with van der Waals surface area (Å²) in [5, 5.41) is 2.94. The predicted octanol–water partition coefficient (Wildman–Crippen LogP) is 4.18. The standard InChI is InChI=1S/C25H31N3O4/c1-31-21-9-8-10-22(32-2)23(21)24(29)26-18-11-12-20(27-13-6-7-14-27)19(17-18)25(30)28-15-4-3-5-16-28/h8-12,17H,3-7,13-16H2,1-2H3,(H,26,29). The van der Waals surface area contributed by atoms with Gasteiger partial charge in [0.25, 0.3) is 11.8 Å². The van der Waals surface area contributed by atoms with Crippen LogP contribution in [0.2, 0.25) is 0 Å². The van der Waals surface area contributed by atoms with Crippen LogP contribution in [0.5, 0.6) is 11.5 Å². The van der Waals surface area contributed by atoms with Crippen LogP contribution in [0.15, 0.2) is 36.4 Å². The maximum atomic E-state index is 13.4. The Morgan fingerprint density at radius 1 is 0.844 bits per heavy atom. The number of piperidine rings is 1. The van der Waals surface area contributed by atoms with Crippen molar-refractivity contribution in [2.75, 3.05) is 50.6 Å². The first-order chi connectivity index (χ1) is 15.6. The summed E-state index contributed by atoms with van der Waals surface area (Å²) in [5.41, 5.74) is 2.50. The second kappa shape index (κ2) is 9.94. The molecule has 0 radical (unpaired) electrons. The minimum atomic E-state index is -0.343. The van der Waals surface area contributed by atoms with Gasteiger partial charge < -0.3 is 24.6 Å². The summed E-state index contributed by atoms with van der Waals surface area (Å²) in [7, 11) is 3.04. The second-order valence-corrected chi connectivity index (χ2v) is 8.27. The van der Waals surface area contributed by atoms with Crippen LogP contribution in [0.25, 0.3) is 0 Å². The number of likely N-dealkylation sites (tertiary alicyclic amines) is 1. The first kappa shape index (κ1) is 22.0. The molecule has 2 aromatic carbocycles. The number of hydrogen-bond acceptors (Lipinski definition) is 5. The molecule has 0 saturated carbocycles. The van der Waals surface area contributed by atoms with Crippen molar-refractivity contribution < 1.29 is 19.1 Å². The van der Waals surface area contributed by atoms with Gasteiger partial charge in [-0.1, -0.05) is 6.07 Å². The highest BCUT2D eigenvalue weighted by Gasteiger charge is 2.26. The molecule has 0 bridgehead atoms. The third-order valence-corrected chi connectivity index (χ3v) is 6.23. The number of nitrogens with zero attached hydrogens (tertiary/aromatic N) is 2. The first-order valence-electron chi connectivity index (χ1n) is 11.3. The molecule has 7 heteroatoms. The SMILES string of the molecule is COc1cccc(OC)c1C(=O)Nc1ccc(N2CCCC2)c(C(=O)N2CCCCC2)c1. The molecule has 0 aliphatic carbocycles. The van der Waals surface area contributed by atoms with Gasteiger partial charge in [0.15, 0.2) is 0 Å². The molecule has 2 aromatic rings. The highest BCUT2D eigenvalue weighted by molar-refractivity contribution is 6.09. The summed E-state index contributed by atoms with van der Waals surface area (Å²) in [6.07, 6.45) is 5.50. The number of carbonyl (C=O) groups excluding carboxylic acids is 2. The zero-order chi connectivity index (χ0) is 22.5. The monoisotopic (exact) mass is 437 g/mol. The molecule has 0 unspecified atom stereocenters. The van der Waals surface area contributed by atoms with Gasteiger partial charge in [0.1, 0.15) is 17.1 Å². The lowest BCUT2D eigenvalue weighted by molar-refractivity contribution is 0.0724. The lowest BCUT2D eigenvalue weighted by Gasteiger charge is -2.29. The number of hydrogen-bond donors (Lipinski definition) is 1. The van der Waals surface area contributed by atoms with Gasteiger partial charge in [-0.05, 0) is 62.4 Å². The van der Waals surface area contributed by atoms with Gasteiger partial charge in [0, 0.05) is 37.6 Å². The number of rotatable bonds is 6. The fourth-order valence-electron chi connectivity index (χ4n) is 4.55. The lowest BCUT2D eigenvalue weighted by Crippen LogP contribution is -2.36. The Balaban J connectivity index is 1.65. The maximum Gasteiger partial charge on any atom is 0.263 e. The third kappa shape index (κ3) is 4.52. The van der Waals surface area contributed by atoms with Crippen LogP contribution in [-0.2, 0) is 0 Å².